The summed E-state index contributed by atoms with van der Waals surface area (Å²) in [4.78, 5) is 0. The first-order chi connectivity index (χ1) is 12.3. The Balaban J connectivity index is 1.51. The van der Waals surface area contributed by atoms with Gasteiger partial charge in [0.05, 0.1) is 11.6 Å². The van der Waals surface area contributed by atoms with Crippen LogP contribution in [-0.4, -0.2) is 0 Å². The third kappa shape index (κ3) is 4.99. The predicted octanol–water partition coefficient (Wildman–Crippen LogP) is 6.24. The molecule has 3 rings (SSSR count). The number of nitrogens with zero attached hydrogens (tertiary/aromatic N) is 1. The summed E-state index contributed by atoms with van der Waals surface area (Å²) in [5.41, 5.74) is 3.00. The Morgan fingerprint density at radius 2 is 1.64 bits per heavy atom. The van der Waals surface area contributed by atoms with Gasteiger partial charge < -0.3 is 0 Å². The molecule has 2 aliphatic carbocycles. The maximum atomic E-state index is 8.84. The second-order valence-electron chi connectivity index (χ2n) is 7.77. The van der Waals surface area contributed by atoms with Crippen molar-refractivity contribution in [3.05, 3.63) is 47.0 Å². The van der Waals surface area contributed by atoms with Crippen molar-refractivity contribution in [1.29, 1.82) is 5.26 Å². The van der Waals surface area contributed by atoms with Crippen molar-refractivity contribution in [2.75, 3.05) is 0 Å². The van der Waals surface area contributed by atoms with Gasteiger partial charge >= 0.3 is 0 Å². The molecule has 0 aromatic heterocycles. The summed E-state index contributed by atoms with van der Waals surface area (Å²) in [7, 11) is 0. The van der Waals surface area contributed by atoms with Crippen LogP contribution in [0.2, 0.25) is 0 Å². The second-order valence-corrected chi connectivity index (χ2v) is 7.77. The van der Waals surface area contributed by atoms with E-state index in [0.29, 0.717) is 5.56 Å². The first-order valence-electron chi connectivity index (χ1n) is 9.99. The van der Waals surface area contributed by atoms with Crippen molar-refractivity contribution in [1.82, 2.24) is 0 Å². The normalized spacial score (nSPS) is 26.1. The topological polar surface area (TPSA) is 23.8 Å². The van der Waals surface area contributed by atoms with Crippen LogP contribution in [-0.2, 0) is 0 Å². The fraction of sp³-hybridized carbons (Fsp3) is 0.542. The Bertz CT molecular complexity index is 684. The molecule has 1 nitrogen and oxygen atoms in total. The van der Waals surface area contributed by atoms with Gasteiger partial charge in [-0.25, -0.2) is 0 Å². The third-order valence-corrected chi connectivity index (χ3v) is 6.09. The lowest BCUT2D eigenvalue weighted by molar-refractivity contribution is 0.187. The lowest BCUT2D eigenvalue weighted by atomic mass is 9.71. The summed E-state index contributed by atoms with van der Waals surface area (Å²) in [6.07, 6.45) is 14.7. The predicted molar refractivity (Wildman–Crippen MR) is 104 cm³/mol. The van der Waals surface area contributed by atoms with E-state index in [0.717, 1.165) is 29.7 Å². The van der Waals surface area contributed by atoms with Crippen LogP contribution in [0.5, 0.6) is 0 Å². The van der Waals surface area contributed by atoms with Crippen molar-refractivity contribution in [2.24, 2.45) is 17.8 Å². The lowest BCUT2D eigenvalue weighted by Gasteiger charge is -2.35. The SMILES string of the molecule is CCCC1CCC(C2CC=C(C#Cc3ccc(C#N)cc3)CC2)CC1. The minimum absolute atomic E-state index is 0.693. The van der Waals surface area contributed by atoms with Gasteiger partial charge in [0.1, 0.15) is 0 Å². The van der Waals surface area contributed by atoms with Crippen LogP contribution in [0.4, 0.5) is 0 Å². The molecule has 1 saturated carbocycles. The monoisotopic (exact) mass is 331 g/mol. The smallest absolute Gasteiger partial charge is 0.0991 e. The van der Waals surface area contributed by atoms with E-state index in [-0.39, 0.29) is 0 Å². The van der Waals surface area contributed by atoms with Gasteiger partial charge in [-0.2, -0.15) is 5.26 Å². The van der Waals surface area contributed by atoms with E-state index < -0.39 is 0 Å². The number of hydrogen-bond acceptors (Lipinski definition) is 1. The maximum Gasteiger partial charge on any atom is 0.0991 e. The van der Waals surface area contributed by atoms with Gasteiger partial charge in [-0.1, -0.05) is 50.5 Å². The Morgan fingerprint density at radius 1 is 0.920 bits per heavy atom. The van der Waals surface area contributed by atoms with Crippen molar-refractivity contribution in [3.63, 3.8) is 0 Å². The molecule has 0 aliphatic heterocycles. The molecule has 25 heavy (non-hydrogen) atoms. The molecule has 0 heterocycles. The molecule has 0 radical (unpaired) electrons. The molecular formula is C24H29N. The highest BCUT2D eigenvalue weighted by atomic mass is 14.3. The van der Waals surface area contributed by atoms with E-state index in [9.17, 15) is 0 Å². The summed E-state index contributed by atoms with van der Waals surface area (Å²) in [5.74, 6) is 9.46. The van der Waals surface area contributed by atoms with Crippen molar-refractivity contribution >= 4 is 0 Å². The van der Waals surface area contributed by atoms with Gasteiger partial charge in [-0.15, -0.1) is 0 Å². The highest BCUT2D eigenvalue weighted by Crippen LogP contribution is 2.40. The van der Waals surface area contributed by atoms with E-state index in [1.54, 1.807) is 0 Å². The number of benzene rings is 1. The van der Waals surface area contributed by atoms with E-state index in [1.165, 1.54) is 56.9 Å². The number of rotatable bonds is 3. The third-order valence-electron chi connectivity index (χ3n) is 6.09. The molecule has 0 amide bonds. The average molecular weight is 332 g/mol. The minimum Gasteiger partial charge on any atom is -0.192 e. The highest BCUT2D eigenvalue weighted by molar-refractivity contribution is 5.43. The Kier molecular flexibility index (Phi) is 6.36. The van der Waals surface area contributed by atoms with Crippen molar-refractivity contribution < 1.29 is 0 Å². The molecule has 0 N–H and O–H groups in total. The standard InChI is InChI=1S/C24H29N/c1-2-3-19-10-14-23(15-11-19)24-16-12-21(13-17-24)5-4-20-6-8-22(18-25)9-7-20/h6-9,12,19,23-24H,2-3,10-11,13-17H2,1H3. The molecule has 1 fully saturated rings. The van der Waals surface area contributed by atoms with Crippen LogP contribution in [0.15, 0.2) is 35.9 Å². The van der Waals surface area contributed by atoms with Crippen LogP contribution in [0, 0.1) is 40.9 Å². The summed E-state index contributed by atoms with van der Waals surface area (Å²) < 4.78 is 0. The Labute approximate surface area is 153 Å². The Hall–Kier alpha value is -1.99. The van der Waals surface area contributed by atoms with Crippen LogP contribution in [0.3, 0.4) is 0 Å². The minimum atomic E-state index is 0.693. The Morgan fingerprint density at radius 3 is 2.24 bits per heavy atom. The average Bonchev–Trinajstić information content (AvgIpc) is 2.68. The van der Waals surface area contributed by atoms with Crippen LogP contribution >= 0.6 is 0 Å². The van der Waals surface area contributed by atoms with Crippen LogP contribution < -0.4 is 0 Å². The first kappa shape index (κ1) is 17.8. The molecule has 0 bridgehead atoms. The molecular weight excluding hydrogens is 302 g/mol. The lowest BCUT2D eigenvalue weighted by Crippen LogP contribution is -2.23. The molecule has 1 unspecified atom stereocenters. The zero-order valence-electron chi connectivity index (χ0n) is 15.4. The number of nitriles is 1. The quantitative estimate of drug-likeness (QED) is 0.601. The number of allylic oxidation sites excluding steroid dienone is 2. The largest absolute Gasteiger partial charge is 0.192 e. The van der Waals surface area contributed by atoms with E-state index in [2.05, 4.69) is 30.9 Å². The molecule has 1 aromatic carbocycles. The summed E-state index contributed by atoms with van der Waals surface area (Å²) in [5, 5.41) is 8.84. The molecule has 2 aliphatic rings. The van der Waals surface area contributed by atoms with E-state index >= 15 is 0 Å². The first-order valence-corrected chi connectivity index (χ1v) is 9.99. The van der Waals surface area contributed by atoms with Crippen molar-refractivity contribution in [2.45, 2.75) is 64.7 Å². The zero-order chi connectivity index (χ0) is 17.5. The number of hydrogen-bond donors (Lipinski definition) is 0. The second kappa shape index (κ2) is 8.92. The molecule has 1 atom stereocenters. The maximum absolute atomic E-state index is 8.84. The van der Waals surface area contributed by atoms with Gasteiger partial charge in [-0.3, -0.25) is 0 Å². The van der Waals surface area contributed by atoms with E-state index in [4.69, 9.17) is 5.26 Å². The molecule has 1 heteroatoms. The summed E-state index contributed by atoms with van der Waals surface area (Å²) >= 11 is 0. The fourth-order valence-corrected chi connectivity index (χ4v) is 4.53. The van der Waals surface area contributed by atoms with Gasteiger partial charge in [0.15, 0.2) is 0 Å². The van der Waals surface area contributed by atoms with Crippen LogP contribution in [0.1, 0.15) is 75.8 Å². The molecule has 1 aromatic rings. The van der Waals surface area contributed by atoms with Gasteiger partial charge in [0.25, 0.3) is 0 Å². The highest BCUT2D eigenvalue weighted by Gasteiger charge is 2.28. The molecule has 0 spiro atoms. The van der Waals surface area contributed by atoms with Gasteiger partial charge in [0.2, 0.25) is 0 Å². The molecule has 0 saturated heterocycles. The van der Waals surface area contributed by atoms with E-state index in [1.807, 2.05) is 24.3 Å². The summed E-state index contributed by atoms with van der Waals surface area (Å²) in [6, 6.07) is 9.69. The van der Waals surface area contributed by atoms with Crippen LogP contribution in [0.25, 0.3) is 0 Å². The fourth-order valence-electron chi connectivity index (χ4n) is 4.53. The van der Waals surface area contributed by atoms with Gasteiger partial charge in [-0.05, 0) is 79.7 Å². The zero-order valence-corrected chi connectivity index (χ0v) is 15.4. The van der Waals surface area contributed by atoms with Gasteiger partial charge in [0, 0.05) is 5.56 Å². The molecule has 130 valence electrons. The van der Waals surface area contributed by atoms with Crippen molar-refractivity contribution in [3.8, 4) is 17.9 Å². The summed E-state index contributed by atoms with van der Waals surface area (Å²) in [6.45, 7) is 2.32.